The Labute approximate surface area is 127 Å². The zero-order valence-electron chi connectivity index (χ0n) is 11.9. The normalized spacial score (nSPS) is 10.1. The van der Waals surface area contributed by atoms with Gasteiger partial charge in [0.1, 0.15) is 18.1 Å². The van der Waals surface area contributed by atoms with Crippen molar-refractivity contribution in [1.82, 2.24) is 10.3 Å². The van der Waals surface area contributed by atoms with Gasteiger partial charge in [-0.2, -0.15) is 0 Å². The highest BCUT2D eigenvalue weighted by Crippen LogP contribution is 2.16. The van der Waals surface area contributed by atoms with E-state index < -0.39 is 0 Å². The number of ether oxygens (including phenoxy) is 2. The molecule has 0 saturated carbocycles. The van der Waals surface area contributed by atoms with Gasteiger partial charge in [-0.15, -0.1) is 11.3 Å². The fourth-order valence-electron chi connectivity index (χ4n) is 1.72. The molecule has 0 aliphatic rings. The van der Waals surface area contributed by atoms with Crippen LogP contribution in [-0.2, 0) is 11.2 Å². The third-order valence-electron chi connectivity index (χ3n) is 2.80. The van der Waals surface area contributed by atoms with Crippen molar-refractivity contribution in [3.05, 3.63) is 40.8 Å². The molecule has 0 atom stereocenters. The summed E-state index contributed by atoms with van der Waals surface area (Å²) in [7, 11) is 1.62. The lowest BCUT2D eigenvalue weighted by molar-refractivity contribution is -0.121. The number of benzene rings is 1. The van der Waals surface area contributed by atoms with Crippen LogP contribution in [0.3, 0.4) is 0 Å². The Morgan fingerprint density at radius 3 is 2.71 bits per heavy atom. The van der Waals surface area contributed by atoms with Crippen LogP contribution in [0.2, 0.25) is 0 Å². The van der Waals surface area contributed by atoms with Crippen LogP contribution in [0, 0.1) is 0 Å². The van der Waals surface area contributed by atoms with E-state index in [9.17, 15) is 4.79 Å². The number of amides is 1. The summed E-state index contributed by atoms with van der Waals surface area (Å²) in [5, 5.41) is 5.72. The SMILES string of the molecule is COc1ccc(OCCNC(=O)CCc2nccs2)cc1. The molecular weight excluding hydrogens is 288 g/mol. The molecule has 6 heteroatoms. The second-order valence-electron chi connectivity index (χ2n) is 4.30. The molecule has 1 heterocycles. The van der Waals surface area contributed by atoms with Crippen LogP contribution in [0.1, 0.15) is 11.4 Å². The first kappa shape index (κ1) is 15.3. The van der Waals surface area contributed by atoms with Gasteiger partial charge in [-0.1, -0.05) is 0 Å². The first-order valence-corrected chi connectivity index (χ1v) is 7.58. The van der Waals surface area contributed by atoms with Gasteiger partial charge in [0, 0.05) is 24.4 Å². The molecule has 0 fully saturated rings. The van der Waals surface area contributed by atoms with Crippen molar-refractivity contribution in [2.75, 3.05) is 20.3 Å². The Kier molecular flexibility index (Phi) is 6.02. The lowest BCUT2D eigenvalue weighted by Crippen LogP contribution is -2.28. The number of nitrogens with one attached hydrogen (secondary N) is 1. The van der Waals surface area contributed by atoms with Crippen molar-refractivity contribution in [2.45, 2.75) is 12.8 Å². The summed E-state index contributed by atoms with van der Waals surface area (Å²) in [6.45, 7) is 0.929. The zero-order chi connectivity index (χ0) is 14.9. The van der Waals surface area contributed by atoms with Crippen molar-refractivity contribution in [1.29, 1.82) is 0 Å². The Bertz CT molecular complexity index is 541. The van der Waals surface area contributed by atoms with Gasteiger partial charge in [0.25, 0.3) is 0 Å². The number of nitrogens with zero attached hydrogens (tertiary/aromatic N) is 1. The molecule has 0 bridgehead atoms. The second-order valence-corrected chi connectivity index (χ2v) is 5.28. The van der Waals surface area contributed by atoms with Crippen molar-refractivity contribution in [3.63, 3.8) is 0 Å². The summed E-state index contributed by atoms with van der Waals surface area (Å²) >= 11 is 1.57. The topological polar surface area (TPSA) is 60.5 Å². The molecule has 0 unspecified atom stereocenters. The summed E-state index contributed by atoms with van der Waals surface area (Å²) in [6.07, 6.45) is 2.89. The summed E-state index contributed by atoms with van der Waals surface area (Å²) in [5.41, 5.74) is 0. The molecule has 2 aromatic rings. The molecule has 2 rings (SSSR count). The van der Waals surface area contributed by atoms with E-state index in [0.717, 1.165) is 16.5 Å². The Morgan fingerprint density at radius 2 is 2.05 bits per heavy atom. The largest absolute Gasteiger partial charge is 0.497 e. The fraction of sp³-hybridized carbons (Fsp3) is 0.333. The predicted molar refractivity (Wildman–Crippen MR) is 81.9 cm³/mol. The molecule has 5 nitrogen and oxygen atoms in total. The van der Waals surface area contributed by atoms with E-state index in [0.29, 0.717) is 26.0 Å². The Balaban J connectivity index is 1.59. The minimum atomic E-state index is 0.0172. The van der Waals surface area contributed by atoms with Gasteiger partial charge in [-0.3, -0.25) is 4.79 Å². The van der Waals surface area contributed by atoms with Gasteiger partial charge in [-0.25, -0.2) is 4.98 Å². The van der Waals surface area contributed by atoms with Crippen LogP contribution in [0.15, 0.2) is 35.8 Å². The van der Waals surface area contributed by atoms with E-state index in [4.69, 9.17) is 9.47 Å². The minimum absolute atomic E-state index is 0.0172. The van der Waals surface area contributed by atoms with Crippen LogP contribution in [0.25, 0.3) is 0 Å². The van der Waals surface area contributed by atoms with Crippen molar-refractivity contribution in [2.24, 2.45) is 0 Å². The fourth-order valence-corrected chi connectivity index (χ4v) is 2.34. The molecule has 0 aliphatic carbocycles. The number of hydrogen-bond donors (Lipinski definition) is 1. The molecule has 0 saturated heterocycles. The maximum atomic E-state index is 11.6. The van der Waals surface area contributed by atoms with Gasteiger partial charge in [-0.05, 0) is 24.3 Å². The third-order valence-corrected chi connectivity index (χ3v) is 3.64. The smallest absolute Gasteiger partial charge is 0.220 e. The first-order valence-electron chi connectivity index (χ1n) is 6.70. The lowest BCUT2D eigenvalue weighted by Gasteiger charge is -2.08. The first-order chi connectivity index (χ1) is 10.3. The third kappa shape index (κ3) is 5.43. The van der Waals surface area contributed by atoms with Crippen LogP contribution in [0.5, 0.6) is 11.5 Å². The molecule has 1 N–H and O–H groups in total. The number of aryl methyl sites for hydroxylation is 1. The van der Waals surface area contributed by atoms with Gasteiger partial charge in [0.15, 0.2) is 0 Å². The molecule has 0 aliphatic heterocycles. The standard InChI is InChI=1S/C15H18N2O3S/c1-19-12-2-4-13(5-3-12)20-10-8-16-14(18)6-7-15-17-9-11-21-15/h2-5,9,11H,6-8,10H2,1H3,(H,16,18). The number of carbonyl (C=O) groups is 1. The lowest BCUT2D eigenvalue weighted by atomic mass is 10.3. The van der Waals surface area contributed by atoms with Gasteiger partial charge >= 0.3 is 0 Å². The van der Waals surface area contributed by atoms with E-state index in [1.54, 1.807) is 24.6 Å². The average molecular weight is 306 g/mol. The van der Waals surface area contributed by atoms with E-state index in [1.165, 1.54) is 0 Å². The summed E-state index contributed by atoms with van der Waals surface area (Å²) in [4.78, 5) is 15.8. The van der Waals surface area contributed by atoms with Crippen molar-refractivity contribution in [3.8, 4) is 11.5 Å². The monoisotopic (exact) mass is 306 g/mol. The van der Waals surface area contributed by atoms with Gasteiger partial charge in [0.2, 0.25) is 5.91 Å². The van der Waals surface area contributed by atoms with E-state index in [2.05, 4.69) is 10.3 Å². The highest BCUT2D eigenvalue weighted by atomic mass is 32.1. The minimum Gasteiger partial charge on any atom is -0.497 e. The zero-order valence-corrected chi connectivity index (χ0v) is 12.7. The summed E-state index contributed by atoms with van der Waals surface area (Å²) < 4.78 is 10.6. The maximum Gasteiger partial charge on any atom is 0.220 e. The quantitative estimate of drug-likeness (QED) is 0.760. The molecule has 1 aromatic carbocycles. The van der Waals surface area contributed by atoms with Gasteiger partial charge in [0.05, 0.1) is 18.7 Å². The number of rotatable bonds is 8. The molecule has 112 valence electrons. The molecule has 1 aromatic heterocycles. The molecule has 0 spiro atoms. The van der Waals surface area contributed by atoms with E-state index in [-0.39, 0.29) is 5.91 Å². The van der Waals surface area contributed by atoms with E-state index >= 15 is 0 Å². The molecule has 1 amide bonds. The number of methoxy groups -OCH3 is 1. The number of aromatic nitrogens is 1. The number of hydrogen-bond acceptors (Lipinski definition) is 5. The Hall–Kier alpha value is -2.08. The molecule has 21 heavy (non-hydrogen) atoms. The number of thiazole rings is 1. The Morgan fingerprint density at radius 1 is 1.29 bits per heavy atom. The van der Waals surface area contributed by atoms with Crippen LogP contribution >= 0.6 is 11.3 Å². The highest BCUT2D eigenvalue weighted by molar-refractivity contribution is 7.09. The van der Waals surface area contributed by atoms with Crippen molar-refractivity contribution < 1.29 is 14.3 Å². The van der Waals surface area contributed by atoms with E-state index in [1.807, 2.05) is 29.6 Å². The predicted octanol–water partition coefficient (Wildman–Crippen LogP) is 2.28. The summed E-state index contributed by atoms with van der Waals surface area (Å²) in [5.74, 6) is 1.56. The van der Waals surface area contributed by atoms with Crippen LogP contribution in [0.4, 0.5) is 0 Å². The van der Waals surface area contributed by atoms with Gasteiger partial charge < -0.3 is 14.8 Å². The highest BCUT2D eigenvalue weighted by Gasteiger charge is 2.03. The molecule has 0 radical (unpaired) electrons. The maximum absolute atomic E-state index is 11.6. The number of carbonyl (C=O) groups excluding carboxylic acids is 1. The van der Waals surface area contributed by atoms with Crippen LogP contribution < -0.4 is 14.8 Å². The molecular formula is C15H18N2O3S. The van der Waals surface area contributed by atoms with Crippen molar-refractivity contribution >= 4 is 17.2 Å². The van der Waals surface area contributed by atoms with Crippen LogP contribution in [-0.4, -0.2) is 31.2 Å². The summed E-state index contributed by atoms with van der Waals surface area (Å²) in [6, 6.07) is 7.34. The second kappa shape index (κ2) is 8.26. The average Bonchev–Trinajstić information content (AvgIpc) is 3.03.